The van der Waals surface area contributed by atoms with Crippen LogP contribution in [0.15, 0.2) is 78.9 Å². The van der Waals surface area contributed by atoms with Crippen LogP contribution in [-0.4, -0.2) is 42.9 Å². The summed E-state index contributed by atoms with van der Waals surface area (Å²) in [6.45, 7) is 3.70. The van der Waals surface area contributed by atoms with E-state index in [-0.39, 0.29) is 30.1 Å². The molecular formula is C28H32FN5O2. The maximum Gasteiger partial charge on any atom is 0.222 e. The van der Waals surface area contributed by atoms with E-state index in [9.17, 15) is 9.18 Å². The number of carbonyl (C=O) groups excluding carboxylic acids is 1. The van der Waals surface area contributed by atoms with Gasteiger partial charge in [0, 0.05) is 18.8 Å². The predicted molar refractivity (Wildman–Crippen MR) is 140 cm³/mol. The number of carbonyl (C=O) groups is 1. The van der Waals surface area contributed by atoms with Gasteiger partial charge in [0.2, 0.25) is 5.91 Å². The molecule has 4 rings (SSSR count). The van der Waals surface area contributed by atoms with Crippen molar-refractivity contribution in [2.45, 2.75) is 25.3 Å². The van der Waals surface area contributed by atoms with Crippen LogP contribution in [0.25, 0.3) is 0 Å². The number of benzene rings is 3. The first-order valence-electron chi connectivity index (χ1n) is 12.2. The minimum Gasteiger partial charge on any atom is -0.457 e. The normalized spacial score (nSPS) is 14.1. The molecular weight excluding hydrogens is 457 g/mol. The van der Waals surface area contributed by atoms with E-state index >= 15 is 0 Å². The largest absolute Gasteiger partial charge is 0.457 e. The standard InChI is InChI=1S/C28H32FN5O2/c29-22-8-12-24(13-9-22)36-25-14-10-23(11-15-25)32-28(30)33-26(21-6-2-1-3-7-21)20-27(35)31-16-19-34-17-4-5-18-34/h1-3,6-15,26H,4-5,16-20H2,(H,31,35)(H3,30,32,33). The van der Waals surface area contributed by atoms with Crippen LogP contribution in [0.1, 0.15) is 30.9 Å². The lowest BCUT2D eigenvalue weighted by Gasteiger charge is -2.22. The number of hydrogen-bond donors (Lipinski definition) is 4. The Labute approximate surface area is 211 Å². The molecule has 0 saturated carbocycles. The van der Waals surface area contributed by atoms with Gasteiger partial charge in [0.15, 0.2) is 5.96 Å². The van der Waals surface area contributed by atoms with Crippen molar-refractivity contribution in [2.75, 3.05) is 31.5 Å². The lowest BCUT2D eigenvalue weighted by Crippen LogP contribution is -2.38. The molecule has 3 aromatic rings. The van der Waals surface area contributed by atoms with Crippen LogP contribution in [0, 0.1) is 11.2 Å². The van der Waals surface area contributed by atoms with Crippen molar-refractivity contribution < 1.29 is 13.9 Å². The van der Waals surface area contributed by atoms with E-state index in [1.807, 2.05) is 30.3 Å². The van der Waals surface area contributed by atoms with Gasteiger partial charge in [0.1, 0.15) is 17.3 Å². The second-order valence-electron chi connectivity index (χ2n) is 8.79. The first-order chi connectivity index (χ1) is 17.5. The Balaban J connectivity index is 1.30. The first-order valence-corrected chi connectivity index (χ1v) is 12.2. The lowest BCUT2D eigenvalue weighted by molar-refractivity contribution is -0.121. The van der Waals surface area contributed by atoms with Gasteiger partial charge in [-0.05, 0) is 80.0 Å². The summed E-state index contributed by atoms with van der Waals surface area (Å²) in [6.07, 6.45) is 2.68. The number of anilines is 1. The molecule has 1 saturated heterocycles. The van der Waals surface area contributed by atoms with Crippen LogP contribution in [0.5, 0.6) is 11.5 Å². The van der Waals surface area contributed by atoms with E-state index < -0.39 is 0 Å². The van der Waals surface area contributed by atoms with Crippen molar-refractivity contribution in [1.82, 2.24) is 15.5 Å². The van der Waals surface area contributed by atoms with Crippen molar-refractivity contribution in [3.05, 3.63) is 90.2 Å². The highest BCUT2D eigenvalue weighted by molar-refractivity contribution is 5.92. The van der Waals surface area contributed by atoms with Gasteiger partial charge in [-0.3, -0.25) is 10.2 Å². The van der Waals surface area contributed by atoms with Crippen LogP contribution >= 0.6 is 0 Å². The van der Waals surface area contributed by atoms with Gasteiger partial charge < -0.3 is 25.6 Å². The van der Waals surface area contributed by atoms with E-state index in [1.54, 1.807) is 36.4 Å². The monoisotopic (exact) mass is 489 g/mol. The van der Waals surface area contributed by atoms with Crippen LogP contribution in [-0.2, 0) is 4.79 Å². The SMILES string of the molecule is N=C(Nc1ccc(Oc2ccc(F)cc2)cc1)NC(CC(=O)NCCN1CCCC1)c1ccccc1. The fourth-order valence-corrected chi connectivity index (χ4v) is 4.15. The molecule has 188 valence electrons. The molecule has 3 aromatic carbocycles. The quantitative estimate of drug-likeness (QED) is 0.240. The van der Waals surface area contributed by atoms with Gasteiger partial charge in [-0.1, -0.05) is 30.3 Å². The fourth-order valence-electron chi connectivity index (χ4n) is 4.15. The number of ether oxygens (including phenoxy) is 1. The summed E-state index contributed by atoms with van der Waals surface area (Å²) in [5.74, 6) is 0.850. The van der Waals surface area contributed by atoms with Crippen molar-refractivity contribution in [1.29, 1.82) is 5.41 Å². The Morgan fingerprint density at radius 1 is 0.944 bits per heavy atom. The smallest absolute Gasteiger partial charge is 0.222 e. The van der Waals surface area contributed by atoms with E-state index in [4.69, 9.17) is 10.1 Å². The van der Waals surface area contributed by atoms with Crippen molar-refractivity contribution in [3.63, 3.8) is 0 Å². The molecule has 0 spiro atoms. The highest BCUT2D eigenvalue weighted by Crippen LogP contribution is 2.23. The van der Waals surface area contributed by atoms with Gasteiger partial charge in [-0.15, -0.1) is 0 Å². The van der Waals surface area contributed by atoms with Crippen molar-refractivity contribution >= 4 is 17.6 Å². The number of amides is 1. The lowest BCUT2D eigenvalue weighted by atomic mass is 10.0. The number of rotatable bonds is 10. The second-order valence-corrected chi connectivity index (χ2v) is 8.79. The number of nitrogens with one attached hydrogen (secondary N) is 4. The predicted octanol–water partition coefficient (Wildman–Crippen LogP) is 4.90. The summed E-state index contributed by atoms with van der Waals surface area (Å²) in [4.78, 5) is 15.0. The summed E-state index contributed by atoms with van der Waals surface area (Å²) >= 11 is 0. The van der Waals surface area contributed by atoms with Crippen molar-refractivity contribution in [2.24, 2.45) is 0 Å². The Morgan fingerprint density at radius 2 is 1.58 bits per heavy atom. The van der Waals surface area contributed by atoms with Gasteiger partial charge in [0.05, 0.1) is 12.5 Å². The molecule has 1 aliphatic heterocycles. The zero-order valence-electron chi connectivity index (χ0n) is 20.2. The maximum absolute atomic E-state index is 13.1. The zero-order valence-corrected chi connectivity index (χ0v) is 20.2. The van der Waals surface area contributed by atoms with Crippen LogP contribution in [0.2, 0.25) is 0 Å². The van der Waals surface area contributed by atoms with E-state index in [1.165, 1.54) is 25.0 Å². The Bertz CT molecular complexity index is 1120. The third-order valence-corrected chi connectivity index (χ3v) is 6.03. The molecule has 1 fully saturated rings. The molecule has 36 heavy (non-hydrogen) atoms. The van der Waals surface area contributed by atoms with Gasteiger partial charge in [-0.2, -0.15) is 0 Å². The maximum atomic E-state index is 13.1. The van der Waals surface area contributed by atoms with Crippen LogP contribution in [0.3, 0.4) is 0 Å². The summed E-state index contributed by atoms with van der Waals surface area (Å²) in [7, 11) is 0. The molecule has 0 aliphatic carbocycles. The van der Waals surface area contributed by atoms with Crippen LogP contribution in [0.4, 0.5) is 10.1 Å². The zero-order chi connectivity index (χ0) is 25.2. The van der Waals surface area contributed by atoms with Gasteiger partial charge in [0.25, 0.3) is 0 Å². The number of hydrogen-bond acceptors (Lipinski definition) is 4. The summed E-state index contributed by atoms with van der Waals surface area (Å²) in [5.41, 5.74) is 1.63. The topological polar surface area (TPSA) is 89.5 Å². The molecule has 0 aromatic heterocycles. The Kier molecular flexibility index (Phi) is 8.88. The third-order valence-electron chi connectivity index (χ3n) is 6.03. The molecule has 7 nitrogen and oxygen atoms in total. The Hall–Kier alpha value is -3.91. The van der Waals surface area contributed by atoms with Gasteiger partial charge >= 0.3 is 0 Å². The molecule has 1 heterocycles. The highest BCUT2D eigenvalue weighted by atomic mass is 19.1. The summed E-state index contributed by atoms with van der Waals surface area (Å²) < 4.78 is 18.8. The van der Waals surface area contributed by atoms with Gasteiger partial charge in [-0.25, -0.2) is 4.39 Å². The average Bonchev–Trinajstić information content (AvgIpc) is 3.40. The number of likely N-dealkylation sites (tertiary alicyclic amines) is 1. The molecule has 1 amide bonds. The average molecular weight is 490 g/mol. The Morgan fingerprint density at radius 3 is 2.25 bits per heavy atom. The van der Waals surface area contributed by atoms with Crippen molar-refractivity contribution in [3.8, 4) is 11.5 Å². The fraction of sp³-hybridized carbons (Fsp3) is 0.286. The molecule has 4 N–H and O–H groups in total. The molecule has 0 bridgehead atoms. The first kappa shape index (κ1) is 25.2. The minimum atomic E-state index is -0.348. The molecule has 1 atom stereocenters. The van der Waals surface area contributed by atoms with Crippen LogP contribution < -0.4 is 20.7 Å². The summed E-state index contributed by atoms with van der Waals surface area (Å²) in [5, 5.41) is 17.6. The summed E-state index contributed by atoms with van der Waals surface area (Å²) in [6, 6.07) is 22.2. The molecule has 1 unspecified atom stereocenters. The molecule has 0 radical (unpaired) electrons. The van der Waals surface area contributed by atoms with E-state index in [0.717, 1.165) is 25.2 Å². The number of halogens is 1. The third kappa shape index (κ3) is 7.81. The van der Waals surface area contributed by atoms with E-state index in [0.29, 0.717) is 23.7 Å². The second kappa shape index (κ2) is 12.7. The minimum absolute atomic E-state index is 0.0503. The molecule has 1 aliphatic rings. The van der Waals surface area contributed by atoms with E-state index in [2.05, 4.69) is 20.9 Å². The number of nitrogens with zero attached hydrogens (tertiary/aromatic N) is 1. The number of guanidine groups is 1. The highest BCUT2D eigenvalue weighted by Gasteiger charge is 2.18. The molecule has 8 heteroatoms.